The summed E-state index contributed by atoms with van der Waals surface area (Å²) in [5.41, 5.74) is 4.97. The Hall–Kier alpha value is -2.82. The van der Waals surface area contributed by atoms with Gasteiger partial charge < -0.3 is 9.47 Å². The number of carbonyl (C=O) groups is 1. The van der Waals surface area contributed by atoms with E-state index < -0.39 is 0 Å². The van der Waals surface area contributed by atoms with E-state index in [0.717, 1.165) is 11.1 Å². The van der Waals surface area contributed by atoms with E-state index in [0.29, 0.717) is 23.7 Å². The molecule has 0 aromatic heterocycles. The molecule has 0 heterocycles. The molecule has 5 heteroatoms. The van der Waals surface area contributed by atoms with Gasteiger partial charge in [0, 0.05) is 5.56 Å². The van der Waals surface area contributed by atoms with Crippen LogP contribution in [0.5, 0.6) is 11.5 Å². The van der Waals surface area contributed by atoms with Crippen LogP contribution in [0, 0.1) is 6.92 Å². The van der Waals surface area contributed by atoms with Crippen LogP contribution < -0.4 is 14.9 Å². The molecule has 2 aromatic rings. The van der Waals surface area contributed by atoms with Crippen molar-refractivity contribution in [1.82, 2.24) is 5.43 Å². The summed E-state index contributed by atoms with van der Waals surface area (Å²) in [6, 6.07) is 12.7. The minimum absolute atomic E-state index is 0.251. The van der Waals surface area contributed by atoms with Crippen molar-refractivity contribution in [2.24, 2.45) is 5.10 Å². The summed E-state index contributed by atoms with van der Waals surface area (Å²) < 4.78 is 10.7. The van der Waals surface area contributed by atoms with Gasteiger partial charge in [-0.05, 0) is 49.7 Å². The van der Waals surface area contributed by atoms with Crippen molar-refractivity contribution in [2.45, 2.75) is 13.8 Å². The third kappa shape index (κ3) is 4.57. The van der Waals surface area contributed by atoms with E-state index >= 15 is 0 Å². The summed E-state index contributed by atoms with van der Waals surface area (Å²) in [4.78, 5) is 11.9. The van der Waals surface area contributed by atoms with Crippen LogP contribution in [0.1, 0.15) is 28.4 Å². The highest BCUT2D eigenvalue weighted by Gasteiger charge is 2.05. The highest BCUT2D eigenvalue weighted by atomic mass is 16.5. The predicted octanol–water partition coefficient (Wildman–Crippen LogP) is 3.17. The van der Waals surface area contributed by atoms with Crippen molar-refractivity contribution in [3.05, 3.63) is 59.2 Å². The van der Waals surface area contributed by atoms with E-state index in [2.05, 4.69) is 10.5 Å². The van der Waals surface area contributed by atoms with Crippen molar-refractivity contribution in [2.75, 3.05) is 13.7 Å². The third-order valence-corrected chi connectivity index (χ3v) is 3.18. The van der Waals surface area contributed by atoms with Crippen LogP contribution in [0.25, 0.3) is 0 Å². The fourth-order valence-electron chi connectivity index (χ4n) is 1.97. The zero-order valence-corrected chi connectivity index (χ0v) is 13.5. The van der Waals surface area contributed by atoms with Crippen LogP contribution in [0.15, 0.2) is 47.6 Å². The van der Waals surface area contributed by atoms with Crippen molar-refractivity contribution in [1.29, 1.82) is 0 Å². The van der Waals surface area contributed by atoms with E-state index in [1.54, 1.807) is 31.5 Å². The van der Waals surface area contributed by atoms with Crippen molar-refractivity contribution in [3.8, 4) is 11.5 Å². The zero-order valence-electron chi connectivity index (χ0n) is 13.5. The van der Waals surface area contributed by atoms with Crippen molar-refractivity contribution < 1.29 is 14.3 Å². The Morgan fingerprint density at radius 1 is 1.17 bits per heavy atom. The Labute approximate surface area is 135 Å². The van der Waals surface area contributed by atoms with Crippen molar-refractivity contribution >= 4 is 12.1 Å². The second-order valence-electron chi connectivity index (χ2n) is 4.91. The minimum atomic E-state index is -0.251. The zero-order chi connectivity index (χ0) is 16.7. The van der Waals surface area contributed by atoms with E-state index in [1.165, 1.54) is 0 Å². The number of rotatable bonds is 6. The number of benzene rings is 2. The molecule has 120 valence electrons. The topological polar surface area (TPSA) is 59.9 Å². The number of ether oxygens (including phenoxy) is 2. The fraction of sp³-hybridized carbons (Fsp3) is 0.222. The number of hydrogen-bond acceptors (Lipinski definition) is 4. The minimum Gasteiger partial charge on any atom is -0.493 e. The molecule has 0 bridgehead atoms. The maximum atomic E-state index is 11.9. The lowest BCUT2D eigenvalue weighted by atomic mass is 10.1. The van der Waals surface area contributed by atoms with Gasteiger partial charge in [-0.25, -0.2) is 5.43 Å². The number of nitrogens with zero attached hydrogens (tertiary/aromatic N) is 1. The molecule has 0 unspecified atom stereocenters. The highest BCUT2D eigenvalue weighted by Crippen LogP contribution is 2.27. The second-order valence-corrected chi connectivity index (χ2v) is 4.91. The molecule has 0 spiro atoms. The SMILES string of the molecule is CCOc1ccc(/C=N/NC(=O)c2ccc(C)cc2)cc1OC. The van der Waals surface area contributed by atoms with Gasteiger partial charge in [-0.3, -0.25) is 4.79 Å². The van der Waals surface area contributed by atoms with Gasteiger partial charge in [-0.2, -0.15) is 5.10 Å². The maximum Gasteiger partial charge on any atom is 0.271 e. The van der Waals surface area contributed by atoms with Gasteiger partial charge >= 0.3 is 0 Å². The maximum absolute atomic E-state index is 11.9. The summed E-state index contributed by atoms with van der Waals surface area (Å²) in [7, 11) is 1.58. The Morgan fingerprint density at radius 2 is 1.91 bits per heavy atom. The van der Waals surface area contributed by atoms with Gasteiger partial charge in [-0.1, -0.05) is 17.7 Å². The normalized spacial score (nSPS) is 10.6. The van der Waals surface area contributed by atoms with Gasteiger partial charge in [0.25, 0.3) is 5.91 Å². The Morgan fingerprint density at radius 3 is 2.57 bits per heavy atom. The number of methoxy groups -OCH3 is 1. The molecule has 0 aliphatic heterocycles. The molecule has 1 amide bonds. The first-order chi connectivity index (χ1) is 11.1. The number of hydrazone groups is 1. The molecule has 0 atom stereocenters. The highest BCUT2D eigenvalue weighted by molar-refractivity contribution is 5.94. The average Bonchev–Trinajstić information content (AvgIpc) is 2.56. The van der Waals surface area contributed by atoms with Gasteiger partial charge in [0.1, 0.15) is 0 Å². The first kappa shape index (κ1) is 16.5. The summed E-state index contributed by atoms with van der Waals surface area (Å²) >= 11 is 0. The van der Waals surface area contributed by atoms with E-state index in [9.17, 15) is 4.79 Å². The lowest BCUT2D eigenvalue weighted by Crippen LogP contribution is -2.17. The largest absolute Gasteiger partial charge is 0.493 e. The molecule has 2 aromatic carbocycles. The van der Waals surface area contributed by atoms with E-state index in [-0.39, 0.29) is 5.91 Å². The third-order valence-electron chi connectivity index (χ3n) is 3.18. The van der Waals surface area contributed by atoms with E-state index in [4.69, 9.17) is 9.47 Å². The molecule has 0 saturated heterocycles. The van der Waals surface area contributed by atoms with E-state index in [1.807, 2.05) is 38.1 Å². The van der Waals surface area contributed by atoms with Gasteiger partial charge in [0.05, 0.1) is 19.9 Å². The van der Waals surface area contributed by atoms with Crippen LogP contribution in [0.3, 0.4) is 0 Å². The lowest BCUT2D eigenvalue weighted by molar-refractivity contribution is 0.0955. The van der Waals surface area contributed by atoms with Gasteiger partial charge in [0.2, 0.25) is 0 Å². The van der Waals surface area contributed by atoms with Crippen LogP contribution in [0.4, 0.5) is 0 Å². The van der Waals surface area contributed by atoms with Crippen LogP contribution in [-0.4, -0.2) is 25.8 Å². The van der Waals surface area contributed by atoms with Gasteiger partial charge in [-0.15, -0.1) is 0 Å². The van der Waals surface area contributed by atoms with Gasteiger partial charge in [0.15, 0.2) is 11.5 Å². The Balaban J connectivity index is 2.02. The Bertz CT molecular complexity index is 694. The summed E-state index contributed by atoms with van der Waals surface area (Å²) in [6.07, 6.45) is 1.56. The molecule has 0 aliphatic carbocycles. The molecule has 0 saturated carbocycles. The monoisotopic (exact) mass is 312 g/mol. The number of nitrogens with one attached hydrogen (secondary N) is 1. The second kappa shape index (κ2) is 7.98. The quantitative estimate of drug-likeness (QED) is 0.658. The molecule has 1 N–H and O–H groups in total. The molecule has 2 rings (SSSR count). The fourth-order valence-corrected chi connectivity index (χ4v) is 1.97. The van der Waals surface area contributed by atoms with Crippen molar-refractivity contribution in [3.63, 3.8) is 0 Å². The average molecular weight is 312 g/mol. The summed E-state index contributed by atoms with van der Waals surface area (Å²) in [5, 5.41) is 3.97. The first-order valence-corrected chi connectivity index (χ1v) is 7.35. The number of aryl methyl sites for hydroxylation is 1. The molecular formula is C18H20N2O3. The summed E-state index contributed by atoms with van der Waals surface area (Å²) in [6.45, 7) is 4.45. The van der Waals surface area contributed by atoms with Crippen LogP contribution in [-0.2, 0) is 0 Å². The van der Waals surface area contributed by atoms with Crippen LogP contribution >= 0.6 is 0 Å². The molecule has 23 heavy (non-hydrogen) atoms. The standard InChI is InChI=1S/C18H20N2O3/c1-4-23-16-10-7-14(11-17(16)22-3)12-19-20-18(21)15-8-5-13(2)6-9-15/h5-12H,4H2,1-3H3,(H,20,21)/b19-12+. The Kier molecular flexibility index (Phi) is 5.74. The predicted molar refractivity (Wildman–Crippen MR) is 90.4 cm³/mol. The molecular weight excluding hydrogens is 292 g/mol. The molecule has 0 aliphatic rings. The number of amides is 1. The smallest absolute Gasteiger partial charge is 0.271 e. The number of hydrogen-bond donors (Lipinski definition) is 1. The molecule has 0 fully saturated rings. The lowest BCUT2D eigenvalue weighted by Gasteiger charge is -2.09. The first-order valence-electron chi connectivity index (χ1n) is 7.35. The number of carbonyl (C=O) groups excluding carboxylic acids is 1. The molecule has 0 radical (unpaired) electrons. The van der Waals surface area contributed by atoms with Crippen LogP contribution in [0.2, 0.25) is 0 Å². The summed E-state index contributed by atoms with van der Waals surface area (Å²) in [5.74, 6) is 1.05. The molecule has 5 nitrogen and oxygen atoms in total.